The van der Waals surface area contributed by atoms with Gasteiger partial charge in [0.05, 0.1) is 6.10 Å². The molecule has 0 radical (unpaired) electrons. The Kier molecular flexibility index (Phi) is 4.38. The topological polar surface area (TPSA) is 38.1 Å². The molecular formula is C16H22N2O. The Morgan fingerprint density at radius 3 is 2.74 bits per heavy atom. The SMILES string of the molecule is Cc1ccc(C)c(CC(O)CCc2ccnn2C)c1. The summed E-state index contributed by atoms with van der Waals surface area (Å²) in [6.07, 6.45) is 3.86. The number of aromatic nitrogens is 2. The molecule has 19 heavy (non-hydrogen) atoms. The molecule has 1 N–H and O–H groups in total. The molecule has 0 bridgehead atoms. The number of aryl methyl sites for hydroxylation is 4. The third kappa shape index (κ3) is 3.67. The van der Waals surface area contributed by atoms with Crippen molar-refractivity contribution in [3.8, 4) is 0 Å². The predicted octanol–water partition coefficient (Wildman–Crippen LogP) is 2.57. The van der Waals surface area contributed by atoms with E-state index < -0.39 is 0 Å². The number of benzene rings is 1. The fourth-order valence-electron chi connectivity index (χ4n) is 2.34. The van der Waals surface area contributed by atoms with Crippen molar-refractivity contribution < 1.29 is 5.11 Å². The minimum atomic E-state index is -0.296. The van der Waals surface area contributed by atoms with E-state index in [4.69, 9.17) is 0 Å². The highest BCUT2D eigenvalue weighted by atomic mass is 16.3. The molecule has 3 nitrogen and oxygen atoms in total. The lowest BCUT2D eigenvalue weighted by atomic mass is 9.98. The van der Waals surface area contributed by atoms with Crippen molar-refractivity contribution in [2.24, 2.45) is 7.05 Å². The lowest BCUT2D eigenvalue weighted by molar-refractivity contribution is 0.164. The minimum absolute atomic E-state index is 0.296. The van der Waals surface area contributed by atoms with Crippen LogP contribution in [0.25, 0.3) is 0 Å². The van der Waals surface area contributed by atoms with Crippen LogP contribution in [0.2, 0.25) is 0 Å². The quantitative estimate of drug-likeness (QED) is 0.895. The Morgan fingerprint density at radius 1 is 1.26 bits per heavy atom. The largest absolute Gasteiger partial charge is 0.393 e. The van der Waals surface area contributed by atoms with Crippen LogP contribution in [0.5, 0.6) is 0 Å². The van der Waals surface area contributed by atoms with E-state index in [-0.39, 0.29) is 6.10 Å². The van der Waals surface area contributed by atoms with E-state index in [0.29, 0.717) is 0 Å². The second-order valence-corrected chi connectivity index (χ2v) is 5.27. The Morgan fingerprint density at radius 2 is 2.05 bits per heavy atom. The van der Waals surface area contributed by atoms with Gasteiger partial charge in [0.2, 0.25) is 0 Å². The highest BCUT2D eigenvalue weighted by Crippen LogP contribution is 2.15. The summed E-state index contributed by atoms with van der Waals surface area (Å²) in [5, 5.41) is 14.3. The summed E-state index contributed by atoms with van der Waals surface area (Å²) in [6.45, 7) is 4.19. The molecule has 0 aliphatic heterocycles. The van der Waals surface area contributed by atoms with Crippen molar-refractivity contribution in [3.05, 3.63) is 52.8 Å². The van der Waals surface area contributed by atoms with Gasteiger partial charge in [-0.3, -0.25) is 4.68 Å². The number of hydrogen-bond donors (Lipinski definition) is 1. The van der Waals surface area contributed by atoms with Gasteiger partial charge in [0, 0.05) is 18.9 Å². The standard InChI is InChI=1S/C16H22N2O/c1-12-4-5-13(2)14(10-12)11-16(19)7-6-15-8-9-17-18(15)3/h4-5,8-10,16,19H,6-7,11H2,1-3H3. The summed E-state index contributed by atoms with van der Waals surface area (Å²) in [6, 6.07) is 8.41. The normalized spacial score (nSPS) is 12.6. The van der Waals surface area contributed by atoms with Crippen LogP contribution >= 0.6 is 0 Å². The number of rotatable bonds is 5. The van der Waals surface area contributed by atoms with Gasteiger partial charge in [-0.1, -0.05) is 23.8 Å². The molecule has 1 heterocycles. The zero-order valence-electron chi connectivity index (χ0n) is 11.9. The van der Waals surface area contributed by atoms with Crippen LogP contribution in [0.4, 0.5) is 0 Å². The van der Waals surface area contributed by atoms with Gasteiger partial charge < -0.3 is 5.11 Å². The van der Waals surface area contributed by atoms with Gasteiger partial charge in [0.1, 0.15) is 0 Å². The molecule has 0 fully saturated rings. The summed E-state index contributed by atoms with van der Waals surface area (Å²) in [5.41, 5.74) is 4.92. The van der Waals surface area contributed by atoms with Crippen LogP contribution < -0.4 is 0 Å². The Balaban J connectivity index is 1.92. The Labute approximate surface area is 114 Å². The summed E-state index contributed by atoms with van der Waals surface area (Å²) in [7, 11) is 1.94. The van der Waals surface area contributed by atoms with Gasteiger partial charge in [-0.2, -0.15) is 5.10 Å². The Bertz CT molecular complexity index is 545. The van der Waals surface area contributed by atoms with Crippen LogP contribution in [0.3, 0.4) is 0 Å². The van der Waals surface area contributed by atoms with E-state index in [2.05, 4.69) is 37.1 Å². The highest BCUT2D eigenvalue weighted by Gasteiger charge is 2.09. The maximum atomic E-state index is 10.2. The predicted molar refractivity (Wildman–Crippen MR) is 77.2 cm³/mol. The molecule has 0 saturated carbocycles. The number of nitrogens with zero attached hydrogens (tertiary/aromatic N) is 2. The van der Waals surface area contributed by atoms with Gasteiger partial charge in [-0.05, 0) is 50.3 Å². The lowest BCUT2D eigenvalue weighted by Crippen LogP contribution is -2.13. The molecule has 1 aromatic heterocycles. The molecule has 0 aliphatic rings. The van der Waals surface area contributed by atoms with Crippen molar-refractivity contribution in [2.45, 2.75) is 39.2 Å². The first-order chi connectivity index (χ1) is 9.06. The van der Waals surface area contributed by atoms with Crippen molar-refractivity contribution in [2.75, 3.05) is 0 Å². The van der Waals surface area contributed by atoms with Crippen LogP contribution in [0.15, 0.2) is 30.5 Å². The molecule has 102 valence electrons. The van der Waals surface area contributed by atoms with Gasteiger partial charge in [-0.25, -0.2) is 0 Å². The minimum Gasteiger partial charge on any atom is -0.393 e. The first-order valence-corrected chi connectivity index (χ1v) is 6.77. The summed E-state index contributed by atoms with van der Waals surface area (Å²) < 4.78 is 1.87. The smallest absolute Gasteiger partial charge is 0.0584 e. The van der Waals surface area contributed by atoms with Gasteiger partial charge in [-0.15, -0.1) is 0 Å². The zero-order valence-corrected chi connectivity index (χ0v) is 11.9. The Hall–Kier alpha value is -1.61. The monoisotopic (exact) mass is 258 g/mol. The first-order valence-electron chi connectivity index (χ1n) is 6.77. The molecule has 0 spiro atoms. The van der Waals surface area contributed by atoms with Crippen LogP contribution in [0.1, 0.15) is 28.8 Å². The van der Waals surface area contributed by atoms with Crippen molar-refractivity contribution in [1.82, 2.24) is 9.78 Å². The van der Waals surface area contributed by atoms with Crippen LogP contribution in [0, 0.1) is 13.8 Å². The van der Waals surface area contributed by atoms with Gasteiger partial charge in [0.25, 0.3) is 0 Å². The molecule has 0 aliphatic carbocycles. The first kappa shape index (κ1) is 13.8. The molecule has 1 aromatic carbocycles. The van der Waals surface area contributed by atoms with Crippen molar-refractivity contribution in [1.29, 1.82) is 0 Å². The number of hydrogen-bond acceptors (Lipinski definition) is 2. The fraction of sp³-hybridized carbons (Fsp3) is 0.438. The summed E-state index contributed by atoms with van der Waals surface area (Å²) >= 11 is 0. The van der Waals surface area contributed by atoms with E-state index in [9.17, 15) is 5.11 Å². The van der Waals surface area contributed by atoms with Crippen molar-refractivity contribution in [3.63, 3.8) is 0 Å². The zero-order chi connectivity index (χ0) is 13.8. The second kappa shape index (κ2) is 6.02. The lowest BCUT2D eigenvalue weighted by Gasteiger charge is -2.13. The molecular weight excluding hydrogens is 236 g/mol. The molecule has 1 atom stereocenters. The van der Waals surface area contributed by atoms with E-state index in [1.165, 1.54) is 22.4 Å². The maximum absolute atomic E-state index is 10.2. The van der Waals surface area contributed by atoms with E-state index >= 15 is 0 Å². The van der Waals surface area contributed by atoms with E-state index in [1.54, 1.807) is 6.20 Å². The van der Waals surface area contributed by atoms with Crippen LogP contribution in [-0.4, -0.2) is 21.0 Å². The van der Waals surface area contributed by atoms with E-state index in [0.717, 1.165) is 19.3 Å². The number of aliphatic hydroxyl groups excluding tert-OH is 1. The van der Waals surface area contributed by atoms with Gasteiger partial charge >= 0.3 is 0 Å². The molecule has 0 saturated heterocycles. The second-order valence-electron chi connectivity index (χ2n) is 5.27. The average molecular weight is 258 g/mol. The third-order valence-corrected chi connectivity index (χ3v) is 3.62. The fourth-order valence-corrected chi connectivity index (χ4v) is 2.34. The van der Waals surface area contributed by atoms with Crippen molar-refractivity contribution >= 4 is 0 Å². The molecule has 2 aromatic rings. The summed E-state index contributed by atoms with van der Waals surface area (Å²) in [4.78, 5) is 0. The third-order valence-electron chi connectivity index (χ3n) is 3.62. The molecule has 3 heteroatoms. The molecule has 1 unspecified atom stereocenters. The molecule has 2 rings (SSSR count). The highest BCUT2D eigenvalue weighted by molar-refractivity contribution is 5.30. The van der Waals surface area contributed by atoms with E-state index in [1.807, 2.05) is 17.8 Å². The average Bonchev–Trinajstić information content (AvgIpc) is 2.77. The maximum Gasteiger partial charge on any atom is 0.0584 e. The number of aliphatic hydroxyl groups is 1. The molecule has 0 amide bonds. The van der Waals surface area contributed by atoms with Crippen LogP contribution in [-0.2, 0) is 19.9 Å². The summed E-state index contributed by atoms with van der Waals surface area (Å²) in [5.74, 6) is 0. The van der Waals surface area contributed by atoms with Gasteiger partial charge in [0.15, 0.2) is 0 Å².